The average molecular weight is 170 g/mol. The van der Waals surface area contributed by atoms with Gasteiger partial charge in [-0.1, -0.05) is 27.4 Å². The molecular weight excluding hydrogens is 152 g/mol. The van der Waals surface area contributed by atoms with Crippen molar-refractivity contribution in [1.82, 2.24) is 0 Å². The van der Waals surface area contributed by atoms with E-state index in [0.29, 0.717) is 11.7 Å². The lowest BCUT2D eigenvalue weighted by Gasteiger charge is -2.16. The molecule has 0 spiro atoms. The third-order valence-corrected chi connectivity index (χ3v) is 2.42. The Bertz CT molecular complexity index is 175. The van der Waals surface area contributed by atoms with E-state index >= 15 is 0 Å². The molecule has 0 aromatic rings. The molecule has 2 nitrogen and oxygen atoms in total. The third-order valence-electron chi connectivity index (χ3n) is 2.42. The van der Waals surface area contributed by atoms with Crippen molar-refractivity contribution in [2.45, 2.75) is 39.4 Å². The molecule has 3 atom stereocenters. The molecule has 1 saturated heterocycles. The molecule has 1 heterocycles. The van der Waals surface area contributed by atoms with Crippen LogP contribution in [-0.2, 0) is 4.74 Å². The molecule has 1 aliphatic heterocycles. The van der Waals surface area contributed by atoms with E-state index in [4.69, 9.17) is 4.74 Å². The second kappa shape index (κ2) is 3.48. The number of aliphatic hydroxyl groups is 1. The predicted octanol–water partition coefficient (Wildman–Crippen LogP) is 1.94. The quantitative estimate of drug-likeness (QED) is 0.686. The van der Waals surface area contributed by atoms with E-state index in [0.717, 1.165) is 6.42 Å². The van der Waals surface area contributed by atoms with E-state index in [-0.39, 0.29) is 12.0 Å². The van der Waals surface area contributed by atoms with Crippen LogP contribution in [0, 0.1) is 11.8 Å². The van der Waals surface area contributed by atoms with Crippen molar-refractivity contribution in [2.75, 3.05) is 0 Å². The van der Waals surface area contributed by atoms with Crippen LogP contribution < -0.4 is 0 Å². The van der Waals surface area contributed by atoms with E-state index in [2.05, 4.69) is 20.4 Å². The maximum atomic E-state index is 9.52. The van der Waals surface area contributed by atoms with Crippen LogP contribution in [0.2, 0.25) is 0 Å². The van der Waals surface area contributed by atoms with Crippen LogP contribution in [0.3, 0.4) is 0 Å². The van der Waals surface area contributed by atoms with Gasteiger partial charge in [0, 0.05) is 5.92 Å². The molecule has 0 radical (unpaired) electrons. The zero-order valence-corrected chi connectivity index (χ0v) is 8.08. The Morgan fingerprint density at radius 3 is 2.50 bits per heavy atom. The first-order chi connectivity index (χ1) is 5.52. The summed E-state index contributed by atoms with van der Waals surface area (Å²) >= 11 is 0. The SMILES string of the molecule is C=C1O[C@H](CC(C)C)[C@H](C)[C@H]1O. The van der Waals surface area contributed by atoms with Crippen molar-refractivity contribution >= 4 is 0 Å². The Hall–Kier alpha value is -0.500. The van der Waals surface area contributed by atoms with E-state index in [1.165, 1.54) is 0 Å². The highest BCUT2D eigenvalue weighted by Gasteiger charge is 2.36. The summed E-state index contributed by atoms with van der Waals surface area (Å²) in [5.74, 6) is 1.34. The van der Waals surface area contributed by atoms with Gasteiger partial charge in [-0.3, -0.25) is 0 Å². The van der Waals surface area contributed by atoms with Gasteiger partial charge in [0.15, 0.2) is 0 Å². The average Bonchev–Trinajstić information content (AvgIpc) is 2.17. The van der Waals surface area contributed by atoms with E-state index in [1.54, 1.807) is 0 Å². The van der Waals surface area contributed by atoms with Crippen LogP contribution in [0.5, 0.6) is 0 Å². The van der Waals surface area contributed by atoms with Gasteiger partial charge in [-0.2, -0.15) is 0 Å². The highest BCUT2D eigenvalue weighted by Crippen LogP contribution is 2.31. The summed E-state index contributed by atoms with van der Waals surface area (Å²) in [5.41, 5.74) is 0. The second-order valence-corrected chi connectivity index (χ2v) is 4.06. The van der Waals surface area contributed by atoms with Gasteiger partial charge in [0.2, 0.25) is 0 Å². The van der Waals surface area contributed by atoms with E-state index < -0.39 is 6.10 Å². The zero-order chi connectivity index (χ0) is 9.30. The summed E-state index contributed by atoms with van der Waals surface area (Å²) < 4.78 is 5.45. The monoisotopic (exact) mass is 170 g/mol. The van der Waals surface area contributed by atoms with Crippen LogP contribution in [0.1, 0.15) is 27.2 Å². The Labute approximate surface area is 74.2 Å². The lowest BCUT2D eigenvalue weighted by molar-refractivity contribution is 0.111. The molecule has 0 aliphatic carbocycles. The van der Waals surface area contributed by atoms with Gasteiger partial charge in [0.25, 0.3) is 0 Å². The first kappa shape index (κ1) is 9.59. The third kappa shape index (κ3) is 1.81. The van der Waals surface area contributed by atoms with Crippen LogP contribution in [0.15, 0.2) is 12.3 Å². The Morgan fingerprint density at radius 1 is 1.58 bits per heavy atom. The topological polar surface area (TPSA) is 29.5 Å². The maximum Gasteiger partial charge on any atom is 0.118 e. The summed E-state index contributed by atoms with van der Waals surface area (Å²) in [5, 5.41) is 9.52. The predicted molar refractivity (Wildman–Crippen MR) is 48.6 cm³/mol. The van der Waals surface area contributed by atoms with Crippen molar-refractivity contribution in [3.05, 3.63) is 12.3 Å². The van der Waals surface area contributed by atoms with E-state index in [1.807, 2.05) is 6.92 Å². The molecule has 0 saturated carbocycles. The van der Waals surface area contributed by atoms with Crippen molar-refractivity contribution in [3.8, 4) is 0 Å². The maximum absolute atomic E-state index is 9.52. The summed E-state index contributed by atoms with van der Waals surface area (Å²) in [6.45, 7) is 9.99. The number of aliphatic hydroxyl groups excluding tert-OH is 1. The first-order valence-corrected chi connectivity index (χ1v) is 4.56. The lowest BCUT2D eigenvalue weighted by Crippen LogP contribution is -2.21. The van der Waals surface area contributed by atoms with Gasteiger partial charge >= 0.3 is 0 Å². The lowest BCUT2D eigenvalue weighted by atomic mass is 9.94. The van der Waals surface area contributed by atoms with Gasteiger partial charge in [0.05, 0.1) is 0 Å². The Morgan fingerprint density at radius 2 is 2.17 bits per heavy atom. The molecule has 1 N–H and O–H groups in total. The van der Waals surface area contributed by atoms with Gasteiger partial charge in [0.1, 0.15) is 18.0 Å². The molecule has 0 bridgehead atoms. The van der Waals surface area contributed by atoms with E-state index in [9.17, 15) is 5.11 Å². The Balaban J connectivity index is 2.53. The van der Waals surface area contributed by atoms with Crippen LogP contribution in [-0.4, -0.2) is 17.3 Å². The molecular formula is C10H18O2. The fraction of sp³-hybridized carbons (Fsp3) is 0.800. The van der Waals surface area contributed by atoms with Crippen molar-refractivity contribution < 1.29 is 9.84 Å². The summed E-state index contributed by atoms with van der Waals surface area (Å²) in [6.07, 6.45) is 0.693. The van der Waals surface area contributed by atoms with Crippen molar-refractivity contribution in [3.63, 3.8) is 0 Å². The van der Waals surface area contributed by atoms with Gasteiger partial charge in [-0.05, 0) is 12.3 Å². The smallest absolute Gasteiger partial charge is 0.118 e. The summed E-state index contributed by atoms with van der Waals surface area (Å²) in [6, 6.07) is 0. The molecule has 70 valence electrons. The van der Waals surface area contributed by atoms with Crippen LogP contribution >= 0.6 is 0 Å². The largest absolute Gasteiger partial charge is 0.492 e. The van der Waals surface area contributed by atoms with Gasteiger partial charge in [-0.15, -0.1) is 0 Å². The normalized spacial score (nSPS) is 35.8. The van der Waals surface area contributed by atoms with Crippen LogP contribution in [0.25, 0.3) is 0 Å². The molecule has 1 fully saturated rings. The zero-order valence-electron chi connectivity index (χ0n) is 8.08. The minimum Gasteiger partial charge on any atom is -0.492 e. The highest BCUT2D eigenvalue weighted by atomic mass is 16.5. The summed E-state index contributed by atoms with van der Waals surface area (Å²) in [7, 11) is 0. The number of hydrogen-bond donors (Lipinski definition) is 1. The van der Waals surface area contributed by atoms with Gasteiger partial charge < -0.3 is 9.84 Å². The molecule has 0 aromatic carbocycles. The van der Waals surface area contributed by atoms with Crippen LogP contribution in [0.4, 0.5) is 0 Å². The minimum atomic E-state index is -0.464. The molecule has 0 amide bonds. The number of hydrogen-bond acceptors (Lipinski definition) is 2. The molecule has 12 heavy (non-hydrogen) atoms. The minimum absolute atomic E-state index is 0.160. The fourth-order valence-electron chi connectivity index (χ4n) is 1.60. The van der Waals surface area contributed by atoms with Crippen molar-refractivity contribution in [1.29, 1.82) is 0 Å². The van der Waals surface area contributed by atoms with Crippen molar-refractivity contribution in [2.24, 2.45) is 11.8 Å². The molecule has 1 rings (SSSR count). The number of rotatable bonds is 2. The molecule has 0 aromatic heterocycles. The first-order valence-electron chi connectivity index (χ1n) is 4.56. The molecule has 0 unspecified atom stereocenters. The van der Waals surface area contributed by atoms with Gasteiger partial charge in [-0.25, -0.2) is 0 Å². The highest BCUT2D eigenvalue weighted by molar-refractivity contribution is 5.03. The Kier molecular flexibility index (Phi) is 2.78. The standard InChI is InChI=1S/C10H18O2/c1-6(2)5-9-7(3)10(11)8(4)12-9/h6-7,9-11H,4-5H2,1-3H3/t7-,9+,10+/m0/s1. The summed E-state index contributed by atoms with van der Waals surface area (Å²) in [4.78, 5) is 0. The number of ether oxygens (including phenoxy) is 1. The fourth-order valence-corrected chi connectivity index (χ4v) is 1.60. The second-order valence-electron chi connectivity index (χ2n) is 4.06. The molecule has 2 heteroatoms. The molecule has 1 aliphatic rings.